The van der Waals surface area contributed by atoms with Crippen LogP contribution in [-0.4, -0.2) is 11.8 Å². The van der Waals surface area contributed by atoms with Crippen molar-refractivity contribution in [2.24, 2.45) is 17.1 Å². The highest BCUT2D eigenvalue weighted by atomic mass is 32.1. The van der Waals surface area contributed by atoms with Gasteiger partial charge in [0.2, 0.25) is 5.91 Å². The van der Waals surface area contributed by atoms with E-state index in [9.17, 15) is 9.59 Å². The van der Waals surface area contributed by atoms with Gasteiger partial charge >= 0.3 is 0 Å². The first-order valence-corrected chi connectivity index (χ1v) is 10.8. The molecule has 0 saturated heterocycles. The average molecular weight is 399 g/mol. The average Bonchev–Trinajstić information content (AvgIpc) is 2.99. The highest BCUT2D eigenvalue weighted by Crippen LogP contribution is 2.44. The molecule has 2 aromatic rings. The molecule has 3 rings (SSSR count). The van der Waals surface area contributed by atoms with E-state index in [0.717, 1.165) is 30.4 Å². The molecular formula is C23H30N2O2S. The van der Waals surface area contributed by atoms with Gasteiger partial charge < -0.3 is 11.1 Å². The molecule has 5 heteroatoms. The molecule has 150 valence electrons. The Balaban J connectivity index is 1.89. The number of rotatable bonds is 5. The van der Waals surface area contributed by atoms with E-state index in [1.807, 2.05) is 37.3 Å². The lowest BCUT2D eigenvalue weighted by Gasteiger charge is -2.33. The fraction of sp³-hybridized carbons (Fsp3) is 0.478. The summed E-state index contributed by atoms with van der Waals surface area (Å²) in [4.78, 5) is 26.4. The predicted molar refractivity (Wildman–Crippen MR) is 116 cm³/mol. The number of benzene rings is 1. The van der Waals surface area contributed by atoms with Crippen LogP contribution in [0.1, 0.15) is 72.8 Å². The topological polar surface area (TPSA) is 72.2 Å². The number of hydrogen-bond donors (Lipinski definition) is 2. The lowest BCUT2D eigenvalue weighted by Crippen LogP contribution is -2.27. The lowest BCUT2D eigenvalue weighted by atomic mass is 9.72. The minimum Gasteiger partial charge on any atom is -0.365 e. The highest BCUT2D eigenvalue weighted by Gasteiger charge is 2.34. The predicted octanol–water partition coefficient (Wildman–Crippen LogP) is 5.13. The summed E-state index contributed by atoms with van der Waals surface area (Å²) in [7, 11) is 0. The van der Waals surface area contributed by atoms with Crippen molar-refractivity contribution in [2.45, 2.75) is 59.3 Å². The van der Waals surface area contributed by atoms with Gasteiger partial charge in [0.1, 0.15) is 5.00 Å². The molecule has 2 amide bonds. The van der Waals surface area contributed by atoms with Crippen LogP contribution in [0.15, 0.2) is 30.3 Å². The fourth-order valence-corrected chi connectivity index (χ4v) is 5.47. The minimum absolute atomic E-state index is 0.0813. The van der Waals surface area contributed by atoms with E-state index in [2.05, 4.69) is 26.1 Å². The Kier molecular flexibility index (Phi) is 5.94. The van der Waals surface area contributed by atoms with E-state index in [1.54, 1.807) is 0 Å². The van der Waals surface area contributed by atoms with Gasteiger partial charge in [-0.2, -0.15) is 0 Å². The van der Waals surface area contributed by atoms with Crippen LogP contribution >= 0.6 is 11.3 Å². The molecule has 1 aromatic heterocycles. The van der Waals surface area contributed by atoms with Crippen LogP contribution in [0.25, 0.3) is 0 Å². The second kappa shape index (κ2) is 8.08. The smallest absolute Gasteiger partial charge is 0.251 e. The third kappa shape index (κ3) is 4.14. The normalized spacial score (nSPS) is 17.6. The van der Waals surface area contributed by atoms with Crippen molar-refractivity contribution < 1.29 is 9.59 Å². The largest absolute Gasteiger partial charge is 0.365 e. The molecule has 2 unspecified atom stereocenters. The lowest BCUT2D eigenvalue weighted by molar-refractivity contribution is -0.117. The molecule has 28 heavy (non-hydrogen) atoms. The Hall–Kier alpha value is -2.14. The van der Waals surface area contributed by atoms with Crippen molar-refractivity contribution in [2.75, 3.05) is 5.32 Å². The monoisotopic (exact) mass is 398 g/mol. The van der Waals surface area contributed by atoms with Gasteiger partial charge in [0.05, 0.1) is 11.5 Å². The second-order valence-corrected chi connectivity index (χ2v) is 9.84. The highest BCUT2D eigenvalue weighted by molar-refractivity contribution is 7.17. The number of thiophene rings is 1. The maximum atomic E-state index is 13.0. The molecule has 3 N–H and O–H groups in total. The Morgan fingerprint density at radius 3 is 2.50 bits per heavy atom. The van der Waals surface area contributed by atoms with Crippen LogP contribution in [0.2, 0.25) is 0 Å². The van der Waals surface area contributed by atoms with Gasteiger partial charge in [-0.3, -0.25) is 9.59 Å². The zero-order chi connectivity index (χ0) is 20.5. The van der Waals surface area contributed by atoms with Gasteiger partial charge in [0.15, 0.2) is 0 Å². The van der Waals surface area contributed by atoms with Crippen LogP contribution < -0.4 is 11.1 Å². The van der Waals surface area contributed by atoms with E-state index in [0.29, 0.717) is 22.9 Å². The summed E-state index contributed by atoms with van der Waals surface area (Å²) >= 11 is 1.53. The van der Waals surface area contributed by atoms with Crippen LogP contribution in [-0.2, 0) is 17.6 Å². The molecule has 2 atom stereocenters. The van der Waals surface area contributed by atoms with E-state index >= 15 is 0 Å². The van der Waals surface area contributed by atoms with Gasteiger partial charge in [-0.05, 0) is 48.1 Å². The number of carbonyl (C=O) groups excluding carboxylic acids is 2. The third-order valence-electron chi connectivity index (χ3n) is 5.90. The summed E-state index contributed by atoms with van der Waals surface area (Å²) in [6, 6.07) is 9.76. The van der Waals surface area contributed by atoms with Crippen molar-refractivity contribution in [3.8, 4) is 0 Å². The molecule has 0 bridgehead atoms. The number of amides is 2. The molecule has 0 aliphatic heterocycles. The van der Waals surface area contributed by atoms with Crippen molar-refractivity contribution in [1.29, 1.82) is 0 Å². The number of carbonyl (C=O) groups is 2. The zero-order valence-electron chi connectivity index (χ0n) is 17.2. The minimum atomic E-state index is -0.449. The Morgan fingerprint density at radius 1 is 1.25 bits per heavy atom. The number of primary amides is 1. The summed E-state index contributed by atoms with van der Waals surface area (Å²) in [5, 5.41) is 3.65. The van der Waals surface area contributed by atoms with Crippen molar-refractivity contribution >= 4 is 28.2 Å². The first-order valence-electron chi connectivity index (χ1n) is 10.0. The number of hydrogen-bond acceptors (Lipinski definition) is 3. The molecule has 0 saturated carbocycles. The molecule has 1 aromatic carbocycles. The van der Waals surface area contributed by atoms with E-state index in [4.69, 9.17) is 5.73 Å². The summed E-state index contributed by atoms with van der Waals surface area (Å²) < 4.78 is 0. The molecule has 4 nitrogen and oxygen atoms in total. The number of fused-ring (bicyclic) bond motifs is 1. The number of nitrogens with one attached hydrogen (secondary N) is 1. The number of anilines is 1. The van der Waals surface area contributed by atoms with Crippen molar-refractivity contribution in [3.63, 3.8) is 0 Å². The third-order valence-corrected chi connectivity index (χ3v) is 7.07. The molecule has 0 fully saturated rings. The quantitative estimate of drug-likeness (QED) is 0.733. The summed E-state index contributed by atoms with van der Waals surface area (Å²) in [5.74, 6) is -0.212. The van der Waals surface area contributed by atoms with Gasteiger partial charge in [-0.15, -0.1) is 11.3 Å². The fourth-order valence-electron chi connectivity index (χ4n) is 4.13. The molecule has 1 aliphatic carbocycles. The number of nitrogens with two attached hydrogens (primary N) is 1. The van der Waals surface area contributed by atoms with Crippen LogP contribution in [0, 0.1) is 11.3 Å². The first-order chi connectivity index (χ1) is 13.2. The van der Waals surface area contributed by atoms with Crippen LogP contribution in [0.5, 0.6) is 0 Å². The maximum absolute atomic E-state index is 13.0. The summed E-state index contributed by atoms with van der Waals surface area (Å²) in [6.45, 7) is 8.79. The van der Waals surface area contributed by atoms with Gasteiger partial charge in [0.25, 0.3) is 5.91 Å². The Labute approximate surface area is 171 Å². The first kappa shape index (κ1) is 20.6. The summed E-state index contributed by atoms with van der Waals surface area (Å²) in [6.07, 6.45) is 3.52. The molecule has 0 spiro atoms. The Bertz CT molecular complexity index is 865. The van der Waals surface area contributed by atoms with Gasteiger partial charge in [-0.25, -0.2) is 0 Å². The van der Waals surface area contributed by atoms with Crippen LogP contribution in [0.3, 0.4) is 0 Å². The SMILES string of the molecule is CCC(C(=O)Nc1sc2c(c1C(N)=O)CCC(C(C)(C)C)C2)c1ccccc1. The van der Waals surface area contributed by atoms with Gasteiger partial charge in [0, 0.05) is 4.88 Å². The standard InChI is InChI=1S/C23H30N2O2S/c1-5-16(14-9-7-6-8-10-14)21(27)25-22-19(20(24)26)17-12-11-15(23(2,3)4)13-18(17)28-22/h6-10,15-16H,5,11-13H2,1-4H3,(H2,24,26)(H,25,27). The second-order valence-electron chi connectivity index (χ2n) is 8.74. The zero-order valence-corrected chi connectivity index (χ0v) is 18.0. The van der Waals surface area contributed by atoms with Crippen LogP contribution in [0.4, 0.5) is 5.00 Å². The van der Waals surface area contributed by atoms with E-state index < -0.39 is 5.91 Å². The maximum Gasteiger partial charge on any atom is 0.251 e. The van der Waals surface area contributed by atoms with Gasteiger partial charge in [-0.1, -0.05) is 58.0 Å². The van der Waals surface area contributed by atoms with Crippen molar-refractivity contribution in [1.82, 2.24) is 0 Å². The molecule has 1 aliphatic rings. The van der Waals surface area contributed by atoms with E-state index in [1.165, 1.54) is 16.2 Å². The van der Waals surface area contributed by atoms with Crippen molar-refractivity contribution in [3.05, 3.63) is 51.9 Å². The summed E-state index contributed by atoms with van der Waals surface area (Å²) in [5.41, 5.74) is 8.48. The van der Waals surface area contributed by atoms with E-state index in [-0.39, 0.29) is 17.2 Å². The Morgan fingerprint density at radius 2 is 1.93 bits per heavy atom. The molecular weight excluding hydrogens is 368 g/mol. The molecule has 1 heterocycles. The molecule has 0 radical (unpaired) electrons.